The molecule has 0 radical (unpaired) electrons. The molecule has 2 aromatic carbocycles. The van der Waals surface area contributed by atoms with Crippen LogP contribution in [0.25, 0.3) is 6.08 Å². The molecule has 300 valence electrons. The van der Waals surface area contributed by atoms with E-state index < -0.39 is 123 Å². The van der Waals surface area contributed by atoms with Crippen molar-refractivity contribution in [2.75, 3.05) is 26.4 Å². The molecule has 0 bridgehead atoms. The minimum absolute atomic E-state index is 0.125. The van der Waals surface area contributed by atoms with Gasteiger partial charge in [0.25, 0.3) is 0 Å². The smallest absolute Gasteiger partial charge is 0.331 e. The van der Waals surface area contributed by atoms with E-state index in [4.69, 9.17) is 33.2 Å². The number of hydrogen-bond acceptors (Lipinski definition) is 20. The molecule has 0 amide bonds. The lowest BCUT2D eigenvalue weighted by atomic mass is 9.96. The topological polar surface area (TPSA) is 324 Å². The van der Waals surface area contributed by atoms with Crippen molar-refractivity contribution in [1.29, 1.82) is 0 Å². The molecule has 0 spiro atoms. The van der Waals surface area contributed by atoms with Gasteiger partial charge in [0.05, 0.1) is 26.4 Å². The first-order valence-corrected chi connectivity index (χ1v) is 16.8. The largest absolute Gasteiger partial charge is 0.504 e. The van der Waals surface area contributed by atoms with Crippen LogP contribution in [0.3, 0.4) is 0 Å². The van der Waals surface area contributed by atoms with Gasteiger partial charge in [0.1, 0.15) is 61.0 Å². The highest BCUT2D eigenvalue weighted by Gasteiger charge is 2.54. The Kier molecular flexibility index (Phi) is 14.0. The van der Waals surface area contributed by atoms with E-state index in [0.29, 0.717) is 5.56 Å². The van der Waals surface area contributed by atoms with Gasteiger partial charge in [-0.15, -0.1) is 0 Å². The van der Waals surface area contributed by atoms with Crippen molar-refractivity contribution < 1.29 is 99.2 Å². The third-order valence-electron chi connectivity index (χ3n) is 9.03. The standard InChI is InChI=1S/C34H44O20/c35-11-21-25(44)26(45)31(54-32-27(46)24(43)20(41)13-49-32)34(50-21)53-30-28(47)33(48-8-7-15-2-5-17(38)19(40)10-15)51-22(12-36)29(30)52-23(42)6-3-14-1-4-16(37)18(39)9-14/h1-6,9-10,20-22,24-41,43-47H,7-8,11-13H2. The Morgan fingerprint density at radius 2 is 1.33 bits per heavy atom. The molecule has 20 nitrogen and oxygen atoms in total. The van der Waals surface area contributed by atoms with Gasteiger partial charge >= 0.3 is 5.97 Å². The quantitative estimate of drug-likeness (QED) is 0.0532. The summed E-state index contributed by atoms with van der Waals surface area (Å²) >= 11 is 0. The van der Waals surface area contributed by atoms with Gasteiger partial charge in [-0.3, -0.25) is 0 Å². The second kappa shape index (κ2) is 18.3. The Balaban J connectivity index is 1.41. The third kappa shape index (κ3) is 9.56. The number of carbonyl (C=O) groups is 1. The van der Waals surface area contributed by atoms with Crippen molar-refractivity contribution in [3.8, 4) is 23.0 Å². The number of aliphatic hydroxyl groups excluding tert-OH is 8. The Hall–Kier alpha value is -3.71. The van der Waals surface area contributed by atoms with E-state index in [1.807, 2.05) is 0 Å². The number of phenolic OH excluding ortho intramolecular Hbond substituents is 4. The summed E-state index contributed by atoms with van der Waals surface area (Å²) in [7, 11) is 0. The summed E-state index contributed by atoms with van der Waals surface area (Å²) in [6, 6.07) is 7.75. The predicted octanol–water partition coefficient (Wildman–Crippen LogP) is -3.58. The molecule has 0 aliphatic carbocycles. The van der Waals surface area contributed by atoms with Crippen LogP contribution in [0.2, 0.25) is 0 Å². The summed E-state index contributed by atoms with van der Waals surface area (Å²) in [4.78, 5) is 13.1. The van der Waals surface area contributed by atoms with Crippen LogP contribution in [0.15, 0.2) is 42.5 Å². The number of ether oxygens (including phenoxy) is 7. The summed E-state index contributed by atoms with van der Waals surface area (Å²) in [6.07, 6.45) is -21.9. The van der Waals surface area contributed by atoms with Crippen LogP contribution >= 0.6 is 0 Å². The lowest BCUT2D eigenvalue weighted by Crippen LogP contribution is -2.67. The number of aromatic hydroxyl groups is 4. The molecule has 3 aliphatic rings. The zero-order valence-corrected chi connectivity index (χ0v) is 28.4. The van der Waals surface area contributed by atoms with E-state index in [1.54, 1.807) is 0 Å². The first kappa shape index (κ1) is 41.5. The number of phenols is 4. The predicted molar refractivity (Wildman–Crippen MR) is 175 cm³/mol. The summed E-state index contributed by atoms with van der Waals surface area (Å²) < 4.78 is 39.8. The highest BCUT2D eigenvalue weighted by Crippen LogP contribution is 2.34. The maximum Gasteiger partial charge on any atom is 0.331 e. The number of carbonyl (C=O) groups excluding carboxylic acids is 1. The highest BCUT2D eigenvalue weighted by molar-refractivity contribution is 5.87. The van der Waals surface area contributed by atoms with Crippen molar-refractivity contribution in [1.82, 2.24) is 0 Å². The minimum Gasteiger partial charge on any atom is -0.504 e. The zero-order chi connectivity index (χ0) is 39.3. The molecule has 3 saturated heterocycles. The summed E-state index contributed by atoms with van der Waals surface area (Å²) in [5.74, 6) is -2.68. The average molecular weight is 773 g/mol. The highest BCUT2D eigenvalue weighted by atomic mass is 16.8. The van der Waals surface area contributed by atoms with Crippen molar-refractivity contribution in [2.45, 2.75) is 92.4 Å². The van der Waals surface area contributed by atoms with E-state index in [-0.39, 0.29) is 30.1 Å². The van der Waals surface area contributed by atoms with Crippen LogP contribution < -0.4 is 0 Å². The van der Waals surface area contributed by atoms with E-state index in [0.717, 1.165) is 12.1 Å². The summed E-state index contributed by atoms with van der Waals surface area (Å²) in [6.45, 7) is -2.38. The molecule has 54 heavy (non-hydrogen) atoms. The van der Waals surface area contributed by atoms with Crippen LogP contribution in [0.4, 0.5) is 0 Å². The van der Waals surface area contributed by atoms with E-state index in [2.05, 4.69) is 0 Å². The lowest BCUT2D eigenvalue weighted by Gasteiger charge is -2.48. The fourth-order valence-corrected chi connectivity index (χ4v) is 6.00. The van der Waals surface area contributed by atoms with E-state index >= 15 is 0 Å². The van der Waals surface area contributed by atoms with Crippen LogP contribution in [0.5, 0.6) is 23.0 Å². The molecule has 14 unspecified atom stereocenters. The van der Waals surface area contributed by atoms with Crippen molar-refractivity contribution in [2.24, 2.45) is 0 Å². The summed E-state index contributed by atoms with van der Waals surface area (Å²) in [5.41, 5.74) is 0.789. The van der Waals surface area contributed by atoms with Gasteiger partial charge in [-0.25, -0.2) is 4.79 Å². The second-order valence-corrected chi connectivity index (χ2v) is 12.8. The molecule has 3 heterocycles. The number of hydrogen-bond donors (Lipinski definition) is 12. The Morgan fingerprint density at radius 3 is 2.00 bits per heavy atom. The summed E-state index contributed by atoms with van der Waals surface area (Å²) in [5, 5.41) is 123. The van der Waals surface area contributed by atoms with Gasteiger partial charge in [-0.1, -0.05) is 12.1 Å². The van der Waals surface area contributed by atoms with Crippen LogP contribution in [0, 0.1) is 0 Å². The Bertz CT molecular complexity index is 1570. The van der Waals surface area contributed by atoms with E-state index in [9.17, 15) is 66.1 Å². The maximum atomic E-state index is 13.1. The molecule has 0 aromatic heterocycles. The molecular weight excluding hydrogens is 728 g/mol. The molecule has 14 atom stereocenters. The second-order valence-electron chi connectivity index (χ2n) is 12.8. The van der Waals surface area contributed by atoms with E-state index in [1.165, 1.54) is 36.4 Å². The molecular formula is C34H44O20. The molecule has 0 saturated carbocycles. The van der Waals surface area contributed by atoms with Gasteiger partial charge in [0.2, 0.25) is 0 Å². The van der Waals surface area contributed by atoms with Gasteiger partial charge < -0.3 is 94.4 Å². The minimum atomic E-state index is -1.94. The first-order chi connectivity index (χ1) is 25.7. The molecule has 3 fully saturated rings. The van der Waals surface area contributed by atoms with Gasteiger partial charge in [-0.2, -0.15) is 0 Å². The van der Waals surface area contributed by atoms with Gasteiger partial charge in [0, 0.05) is 6.08 Å². The van der Waals surface area contributed by atoms with Crippen LogP contribution in [-0.2, 0) is 44.4 Å². The zero-order valence-electron chi connectivity index (χ0n) is 28.4. The SMILES string of the molecule is O=C(C=Cc1ccc(O)c(O)c1)OC1C(CO)OC(OCCc2ccc(O)c(O)c2)C(O)C1OC1OC(CO)C(O)C(O)C1OC1OCC(O)C(O)C1O. The third-order valence-corrected chi connectivity index (χ3v) is 9.03. The molecule has 12 N–H and O–H groups in total. The number of esters is 1. The number of aliphatic hydroxyl groups is 8. The molecule has 3 aliphatic heterocycles. The van der Waals surface area contributed by atoms with Gasteiger partial charge in [-0.05, 0) is 47.9 Å². The number of rotatable bonds is 13. The monoisotopic (exact) mass is 772 g/mol. The Labute approximate surface area is 306 Å². The lowest BCUT2D eigenvalue weighted by molar-refractivity contribution is -0.383. The first-order valence-electron chi connectivity index (χ1n) is 16.8. The van der Waals surface area contributed by atoms with Crippen molar-refractivity contribution in [3.05, 3.63) is 53.6 Å². The Morgan fingerprint density at radius 1 is 0.685 bits per heavy atom. The van der Waals surface area contributed by atoms with Gasteiger partial charge in [0.15, 0.2) is 48.0 Å². The fourth-order valence-electron chi connectivity index (χ4n) is 6.00. The normalized spacial score (nSPS) is 35.9. The van der Waals surface area contributed by atoms with Crippen LogP contribution in [0.1, 0.15) is 11.1 Å². The maximum absolute atomic E-state index is 13.1. The molecule has 20 heteroatoms. The van der Waals surface area contributed by atoms with Crippen LogP contribution in [-0.4, -0.2) is 180 Å². The number of benzene rings is 2. The molecule has 2 aromatic rings. The van der Waals surface area contributed by atoms with Crippen molar-refractivity contribution in [3.63, 3.8) is 0 Å². The molecule has 5 rings (SSSR count). The van der Waals surface area contributed by atoms with Crippen molar-refractivity contribution >= 4 is 12.0 Å². The average Bonchev–Trinajstić information content (AvgIpc) is 3.15. The fraction of sp³-hybridized carbons (Fsp3) is 0.559.